The van der Waals surface area contributed by atoms with Crippen molar-refractivity contribution in [3.05, 3.63) is 81.7 Å². The van der Waals surface area contributed by atoms with Crippen molar-refractivity contribution in [2.24, 2.45) is 5.41 Å². The molecule has 0 fully saturated rings. The molecule has 1 amide bonds. The van der Waals surface area contributed by atoms with E-state index in [-0.39, 0.29) is 11.0 Å². The highest BCUT2D eigenvalue weighted by atomic mass is 35.5. The number of benzene rings is 2. The number of allylic oxidation sites excluding steroid dienone is 3. The molecular weight excluding hydrogens is 444 g/mol. The van der Waals surface area contributed by atoms with Gasteiger partial charge in [0.25, 0.3) is 5.91 Å². The lowest BCUT2D eigenvalue weighted by Gasteiger charge is -2.27. The molecule has 0 radical (unpaired) electrons. The second-order valence-corrected chi connectivity index (χ2v) is 8.67. The second kappa shape index (κ2) is 9.16. The van der Waals surface area contributed by atoms with E-state index >= 15 is 0 Å². The largest absolute Gasteiger partial charge is 0.333 e. The van der Waals surface area contributed by atoms with E-state index in [4.69, 9.17) is 35.4 Å². The summed E-state index contributed by atoms with van der Waals surface area (Å²) in [5.41, 5.74) is 1.67. The molecule has 3 N–H and O–H groups in total. The van der Waals surface area contributed by atoms with E-state index in [0.29, 0.717) is 21.5 Å². The van der Waals surface area contributed by atoms with Gasteiger partial charge in [0.05, 0.1) is 16.3 Å². The van der Waals surface area contributed by atoms with Crippen LogP contribution < -0.4 is 16.0 Å². The van der Waals surface area contributed by atoms with E-state index in [0.717, 1.165) is 17.2 Å². The Morgan fingerprint density at radius 2 is 1.83 bits per heavy atom. The summed E-state index contributed by atoms with van der Waals surface area (Å²) in [5.74, 6) is -1.15. The molecule has 0 saturated heterocycles. The molecule has 156 valence electrons. The summed E-state index contributed by atoms with van der Waals surface area (Å²) in [4.78, 5) is 12.2. The molecule has 0 heterocycles. The van der Waals surface area contributed by atoms with E-state index < -0.39 is 11.7 Å². The Hall–Kier alpha value is -2.41. The summed E-state index contributed by atoms with van der Waals surface area (Å²) in [6.45, 7) is 4.14. The summed E-state index contributed by atoms with van der Waals surface area (Å²) >= 11 is 18.0. The van der Waals surface area contributed by atoms with Gasteiger partial charge < -0.3 is 16.0 Å². The quantitative estimate of drug-likeness (QED) is 0.455. The number of thiocarbonyl (C=S) groups is 1. The van der Waals surface area contributed by atoms with Crippen molar-refractivity contribution in [1.29, 1.82) is 0 Å². The van der Waals surface area contributed by atoms with Gasteiger partial charge in [0.2, 0.25) is 0 Å². The van der Waals surface area contributed by atoms with Crippen LogP contribution in [-0.2, 0) is 0 Å². The zero-order valence-corrected chi connectivity index (χ0v) is 18.7. The third-order valence-corrected chi connectivity index (χ3v) is 5.75. The molecule has 2 aromatic rings. The van der Waals surface area contributed by atoms with E-state index in [2.05, 4.69) is 29.8 Å². The summed E-state index contributed by atoms with van der Waals surface area (Å²) in [5, 5.41) is 10.2. The normalized spacial score (nSPS) is 15.0. The molecule has 0 aromatic heterocycles. The molecule has 0 aliphatic heterocycles. The number of nitrogens with one attached hydrogen (secondary N) is 3. The van der Waals surface area contributed by atoms with Crippen LogP contribution in [0.15, 0.2) is 65.3 Å². The van der Waals surface area contributed by atoms with Gasteiger partial charge in [-0.1, -0.05) is 55.3 Å². The predicted octanol–water partition coefficient (Wildman–Crippen LogP) is 6.45. The Morgan fingerprint density at radius 3 is 2.50 bits per heavy atom. The molecule has 1 aliphatic carbocycles. The second-order valence-electron chi connectivity index (χ2n) is 7.45. The maximum atomic E-state index is 13.8. The van der Waals surface area contributed by atoms with Crippen molar-refractivity contribution in [2.45, 2.75) is 20.3 Å². The Labute approximate surface area is 190 Å². The fraction of sp³-hybridized carbons (Fsp3) is 0.182. The minimum absolute atomic E-state index is 0.0446. The number of hydrogen-bond donors (Lipinski definition) is 3. The van der Waals surface area contributed by atoms with E-state index in [1.54, 1.807) is 24.3 Å². The maximum Gasteiger partial charge on any atom is 0.258 e. The fourth-order valence-electron chi connectivity index (χ4n) is 2.76. The Morgan fingerprint density at radius 1 is 1.10 bits per heavy atom. The predicted molar refractivity (Wildman–Crippen MR) is 126 cm³/mol. The molecule has 8 heteroatoms. The molecule has 0 unspecified atom stereocenters. The van der Waals surface area contributed by atoms with E-state index in [9.17, 15) is 9.18 Å². The van der Waals surface area contributed by atoms with Gasteiger partial charge in [0.15, 0.2) is 5.11 Å². The van der Waals surface area contributed by atoms with Crippen molar-refractivity contribution in [3.63, 3.8) is 0 Å². The van der Waals surface area contributed by atoms with Crippen LogP contribution in [0.2, 0.25) is 5.02 Å². The summed E-state index contributed by atoms with van der Waals surface area (Å²) in [7, 11) is 0. The highest BCUT2D eigenvalue weighted by Gasteiger charge is 2.24. The molecule has 0 spiro atoms. The first-order valence-electron chi connectivity index (χ1n) is 9.17. The first-order valence-corrected chi connectivity index (χ1v) is 10.3. The number of amides is 1. The molecule has 30 heavy (non-hydrogen) atoms. The third kappa shape index (κ3) is 5.39. The third-order valence-electron chi connectivity index (χ3n) is 4.61. The lowest BCUT2D eigenvalue weighted by atomic mass is 9.85. The van der Waals surface area contributed by atoms with Gasteiger partial charge in [-0.2, -0.15) is 0 Å². The lowest BCUT2D eigenvalue weighted by molar-refractivity contribution is 0.102. The van der Waals surface area contributed by atoms with Crippen molar-refractivity contribution >= 4 is 57.8 Å². The zero-order valence-electron chi connectivity index (χ0n) is 16.4. The lowest BCUT2D eigenvalue weighted by Crippen LogP contribution is -2.29. The topological polar surface area (TPSA) is 53.2 Å². The van der Waals surface area contributed by atoms with Crippen LogP contribution in [0.5, 0.6) is 0 Å². The van der Waals surface area contributed by atoms with Crippen LogP contribution >= 0.6 is 35.4 Å². The number of anilines is 2. The molecule has 4 nitrogen and oxygen atoms in total. The number of carbonyl (C=O) groups is 1. The van der Waals surface area contributed by atoms with E-state index in [1.807, 2.05) is 12.2 Å². The zero-order chi connectivity index (χ0) is 21.9. The van der Waals surface area contributed by atoms with Gasteiger partial charge in [-0.15, -0.1) is 0 Å². The summed E-state index contributed by atoms with van der Waals surface area (Å²) < 4.78 is 13.8. The Bertz CT molecular complexity index is 1070. The SMILES string of the molecule is CC1(C)CC=C(NC(=S)Nc2ccc(NC(=O)c3ccccc3F)cc2Cl)C=C1Cl. The van der Waals surface area contributed by atoms with Gasteiger partial charge in [-0.3, -0.25) is 4.79 Å². The minimum Gasteiger partial charge on any atom is -0.333 e. The van der Waals surface area contributed by atoms with Gasteiger partial charge in [-0.05, 0) is 55.0 Å². The molecule has 0 bridgehead atoms. The highest BCUT2D eigenvalue weighted by molar-refractivity contribution is 7.80. The monoisotopic (exact) mass is 463 g/mol. The number of carbonyl (C=O) groups excluding carboxylic acids is 1. The molecule has 1 aliphatic rings. The Balaban J connectivity index is 1.63. The molecule has 0 saturated carbocycles. The van der Waals surface area contributed by atoms with Crippen molar-refractivity contribution in [1.82, 2.24) is 5.32 Å². The van der Waals surface area contributed by atoms with Gasteiger partial charge >= 0.3 is 0 Å². The van der Waals surface area contributed by atoms with Gasteiger partial charge in [0, 0.05) is 21.8 Å². The fourth-order valence-corrected chi connectivity index (χ4v) is 3.41. The average molecular weight is 464 g/mol. The van der Waals surface area contributed by atoms with Crippen LogP contribution in [0.3, 0.4) is 0 Å². The maximum absolute atomic E-state index is 13.8. The Kier molecular flexibility index (Phi) is 6.81. The number of halogens is 3. The van der Waals surface area contributed by atoms with Crippen LogP contribution in [0.1, 0.15) is 30.6 Å². The molecule has 2 aromatic carbocycles. The highest BCUT2D eigenvalue weighted by Crippen LogP contribution is 2.37. The number of hydrogen-bond acceptors (Lipinski definition) is 2. The number of rotatable bonds is 4. The average Bonchev–Trinajstić information content (AvgIpc) is 2.67. The van der Waals surface area contributed by atoms with Gasteiger partial charge in [0.1, 0.15) is 5.82 Å². The standard InChI is InChI=1S/C22H20Cl2FN3OS/c1-22(2)10-9-14(12-19(22)24)27-21(30)28-18-8-7-13(11-16(18)23)26-20(29)15-5-3-4-6-17(15)25/h3-9,11-12H,10H2,1-2H3,(H,26,29)(H2,27,28,30). The summed E-state index contributed by atoms with van der Waals surface area (Å²) in [6.07, 6.45) is 4.68. The van der Waals surface area contributed by atoms with Crippen LogP contribution in [0.4, 0.5) is 15.8 Å². The van der Waals surface area contributed by atoms with Crippen molar-refractivity contribution < 1.29 is 9.18 Å². The minimum atomic E-state index is -0.592. The van der Waals surface area contributed by atoms with Crippen LogP contribution in [0.25, 0.3) is 0 Å². The smallest absolute Gasteiger partial charge is 0.258 e. The molecule has 0 atom stereocenters. The summed E-state index contributed by atoms with van der Waals surface area (Å²) in [6, 6.07) is 10.6. The van der Waals surface area contributed by atoms with Crippen LogP contribution in [0, 0.1) is 11.2 Å². The first kappa shape index (κ1) is 22.3. The first-order chi connectivity index (χ1) is 14.2. The van der Waals surface area contributed by atoms with Crippen LogP contribution in [-0.4, -0.2) is 11.0 Å². The van der Waals surface area contributed by atoms with Crippen molar-refractivity contribution in [3.8, 4) is 0 Å². The molecular formula is C22H20Cl2FN3OS. The van der Waals surface area contributed by atoms with Crippen molar-refractivity contribution in [2.75, 3.05) is 10.6 Å². The van der Waals surface area contributed by atoms with E-state index in [1.165, 1.54) is 18.2 Å². The molecule has 3 rings (SSSR count). The van der Waals surface area contributed by atoms with Gasteiger partial charge in [-0.25, -0.2) is 4.39 Å².